The molecule has 0 unspecified atom stereocenters. The Morgan fingerprint density at radius 1 is 0.588 bits per heavy atom. The lowest BCUT2D eigenvalue weighted by Gasteiger charge is -2.15. The van der Waals surface area contributed by atoms with E-state index in [2.05, 4.69) is 121 Å². The van der Waals surface area contributed by atoms with E-state index in [0.717, 1.165) is 18.5 Å². The predicted molar refractivity (Wildman–Crippen MR) is 147 cm³/mol. The highest BCUT2D eigenvalue weighted by Crippen LogP contribution is 2.36. The predicted octanol–water partition coefficient (Wildman–Crippen LogP) is 8.84. The summed E-state index contributed by atoms with van der Waals surface area (Å²) in [5.74, 6) is 0. The number of rotatable bonds is 4. The number of benzene rings is 5. The molecule has 0 aromatic heterocycles. The van der Waals surface area contributed by atoms with Gasteiger partial charge in [0, 0.05) is 18.3 Å². The van der Waals surface area contributed by atoms with Crippen molar-refractivity contribution in [2.45, 2.75) is 12.8 Å². The molecule has 0 saturated carbocycles. The van der Waals surface area contributed by atoms with Gasteiger partial charge in [0.2, 0.25) is 0 Å². The SMILES string of the molecule is CNc1ccc(-c2ccc3c(c2)C=CCC3)cc1-c1cccc(-c2ccc3ccccc3c2)c1. The van der Waals surface area contributed by atoms with E-state index in [4.69, 9.17) is 0 Å². The molecule has 0 heterocycles. The molecule has 0 fully saturated rings. The minimum absolute atomic E-state index is 1.14. The van der Waals surface area contributed by atoms with Crippen molar-refractivity contribution in [1.29, 1.82) is 0 Å². The summed E-state index contributed by atoms with van der Waals surface area (Å²) in [5.41, 5.74) is 11.3. The van der Waals surface area contributed by atoms with Crippen molar-refractivity contribution in [3.05, 3.63) is 120 Å². The number of anilines is 1. The number of hydrogen-bond acceptors (Lipinski definition) is 1. The summed E-state index contributed by atoms with van der Waals surface area (Å²) in [5, 5.41) is 5.93. The molecule has 34 heavy (non-hydrogen) atoms. The first-order valence-electron chi connectivity index (χ1n) is 12.0. The van der Waals surface area contributed by atoms with Gasteiger partial charge in [0.25, 0.3) is 0 Å². The van der Waals surface area contributed by atoms with Crippen LogP contribution in [0.5, 0.6) is 0 Å². The second kappa shape index (κ2) is 8.68. The molecule has 5 aromatic carbocycles. The first-order chi connectivity index (χ1) is 16.8. The molecular weight excluding hydrogens is 410 g/mol. The first kappa shape index (κ1) is 20.5. The Hall–Kier alpha value is -4.10. The van der Waals surface area contributed by atoms with Gasteiger partial charge in [-0.05, 0) is 92.9 Å². The molecule has 5 aromatic rings. The quantitative estimate of drug-likeness (QED) is 0.296. The smallest absolute Gasteiger partial charge is 0.0417 e. The second-order valence-electron chi connectivity index (χ2n) is 9.01. The molecule has 6 rings (SSSR count). The van der Waals surface area contributed by atoms with Gasteiger partial charge in [-0.1, -0.05) is 84.9 Å². The minimum atomic E-state index is 1.14. The van der Waals surface area contributed by atoms with Crippen LogP contribution in [-0.4, -0.2) is 7.05 Å². The highest BCUT2D eigenvalue weighted by atomic mass is 14.8. The van der Waals surface area contributed by atoms with Crippen LogP contribution < -0.4 is 5.32 Å². The van der Waals surface area contributed by atoms with E-state index in [0.29, 0.717) is 0 Å². The van der Waals surface area contributed by atoms with Crippen LogP contribution in [0.4, 0.5) is 5.69 Å². The molecule has 0 aliphatic heterocycles. The second-order valence-corrected chi connectivity index (χ2v) is 9.01. The van der Waals surface area contributed by atoms with Gasteiger partial charge in [0.15, 0.2) is 0 Å². The lowest BCUT2D eigenvalue weighted by molar-refractivity contribution is 0.986. The van der Waals surface area contributed by atoms with Crippen molar-refractivity contribution in [2.24, 2.45) is 0 Å². The summed E-state index contributed by atoms with van der Waals surface area (Å²) in [4.78, 5) is 0. The van der Waals surface area contributed by atoms with E-state index in [1.807, 2.05) is 7.05 Å². The molecule has 1 heteroatoms. The van der Waals surface area contributed by atoms with Gasteiger partial charge in [0.1, 0.15) is 0 Å². The zero-order valence-electron chi connectivity index (χ0n) is 19.4. The molecule has 1 aliphatic carbocycles. The molecule has 1 nitrogen and oxygen atoms in total. The normalized spacial score (nSPS) is 12.5. The van der Waals surface area contributed by atoms with E-state index < -0.39 is 0 Å². The maximum Gasteiger partial charge on any atom is 0.0417 e. The molecule has 1 N–H and O–H groups in total. The van der Waals surface area contributed by atoms with Crippen LogP contribution in [0.25, 0.3) is 50.2 Å². The fourth-order valence-electron chi connectivity index (χ4n) is 5.02. The van der Waals surface area contributed by atoms with Crippen molar-refractivity contribution < 1.29 is 0 Å². The van der Waals surface area contributed by atoms with Gasteiger partial charge in [0.05, 0.1) is 0 Å². The maximum atomic E-state index is 3.39. The zero-order chi connectivity index (χ0) is 22.9. The molecule has 1 aliphatic rings. The number of fused-ring (bicyclic) bond motifs is 2. The number of aryl methyl sites for hydroxylation is 1. The fourth-order valence-corrected chi connectivity index (χ4v) is 5.02. The summed E-state index contributed by atoms with van der Waals surface area (Å²) < 4.78 is 0. The molecule has 0 spiro atoms. The Morgan fingerprint density at radius 3 is 2.24 bits per heavy atom. The molecule has 0 amide bonds. The van der Waals surface area contributed by atoms with Crippen LogP contribution in [0.15, 0.2) is 109 Å². The van der Waals surface area contributed by atoms with Crippen LogP contribution >= 0.6 is 0 Å². The van der Waals surface area contributed by atoms with Gasteiger partial charge in [-0.3, -0.25) is 0 Å². The molecule has 0 atom stereocenters. The summed E-state index contributed by atoms with van der Waals surface area (Å²) in [6, 6.07) is 37.7. The third kappa shape index (κ3) is 3.80. The molecule has 0 radical (unpaired) electrons. The summed E-state index contributed by atoms with van der Waals surface area (Å²) in [6.07, 6.45) is 6.82. The van der Waals surface area contributed by atoms with Crippen molar-refractivity contribution in [3.8, 4) is 33.4 Å². The molecular formula is C33H27N. The average molecular weight is 438 g/mol. The Labute approximate surface area is 201 Å². The lowest BCUT2D eigenvalue weighted by Crippen LogP contribution is -1.95. The highest BCUT2D eigenvalue weighted by molar-refractivity contribution is 5.89. The van der Waals surface area contributed by atoms with E-state index in [9.17, 15) is 0 Å². The standard InChI is InChI=1S/C33H27N/c1-34-33-18-17-30(29-16-14-24-8-3-5-10-26(24)20-29)22-32(33)31-12-6-11-27(21-31)28-15-13-23-7-2-4-9-25(23)19-28/h2,4-7,9-22,34H,3,8H2,1H3. The first-order valence-corrected chi connectivity index (χ1v) is 12.0. The van der Waals surface area contributed by atoms with E-state index >= 15 is 0 Å². The Morgan fingerprint density at radius 2 is 1.32 bits per heavy atom. The van der Waals surface area contributed by atoms with Gasteiger partial charge >= 0.3 is 0 Å². The van der Waals surface area contributed by atoms with Crippen LogP contribution in [-0.2, 0) is 6.42 Å². The topological polar surface area (TPSA) is 12.0 Å². The molecule has 164 valence electrons. The third-order valence-corrected chi connectivity index (χ3v) is 6.90. The maximum absolute atomic E-state index is 3.39. The van der Waals surface area contributed by atoms with Gasteiger partial charge < -0.3 is 5.32 Å². The average Bonchev–Trinajstić information content (AvgIpc) is 2.92. The van der Waals surface area contributed by atoms with Crippen molar-refractivity contribution in [2.75, 3.05) is 12.4 Å². The van der Waals surface area contributed by atoms with Gasteiger partial charge in [-0.25, -0.2) is 0 Å². The monoisotopic (exact) mass is 437 g/mol. The van der Waals surface area contributed by atoms with Gasteiger partial charge in [-0.15, -0.1) is 0 Å². The van der Waals surface area contributed by atoms with E-state index in [1.165, 1.54) is 55.3 Å². The highest BCUT2D eigenvalue weighted by Gasteiger charge is 2.11. The van der Waals surface area contributed by atoms with E-state index in [-0.39, 0.29) is 0 Å². The van der Waals surface area contributed by atoms with Gasteiger partial charge in [-0.2, -0.15) is 0 Å². The Kier molecular flexibility index (Phi) is 5.24. The lowest BCUT2D eigenvalue weighted by atomic mass is 9.91. The fraction of sp³-hybridized carbons (Fsp3) is 0.0909. The number of allylic oxidation sites excluding steroid dienone is 1. The summed E-state index contributed by atoms with van der Waals surface area (Å²) >= 11 is 0. The van der Waals surface area contributed by atoms with Crippen molar-refractivity contribution in [1.82, 2.24) is 0 Å². The Balaban J connectivity index is 1.42. The van der Waals surface area contributed by atoms with Crippen LogP contribution in [0.1, 0.15) is 17.5 Å². The minimum Gasteiger partial charge on any atom is -0.388 e. The largest absolute Gasteiger partial charge is 0.388 e. The van der Waals surface area contributed by atoms with Crippen molar-refractivity contribution in [3.63, 3.8) is 0 Å². The van der Waals surface area contributed by atoms with Crippen LogP contribution in [0.2, 0.25) is 0 Å². The molecule has 0 saturated heterocycles. The van der Waals surface area contributed by atoms with E-state index in [1.54, 1.807) is 0 Å². The number of hydrogen-bond donors (Lipinski definition) is 1. The Bertz CT molecular complexity index is 1540. The molecule has 0 bridgehead atoms. The third-order valence-electron chi connectivity index (χ3n) is 6.90. The van der Waals surface area contributed by atoms with Crippen LogP contribution in [0, 0.1) is 0 Å². The number of nitrogens with one attached hydrogen (secondary N) is 1. The summed E-state index contributed by atoms with van der Waals surface area (Å²) in [7, 11) is 2.00. The summed E-state index contributed by atoms with van der Waals surface area (Å²) in [6.45, 7) is 0. The zero-order valence-corrected chi connectivity index (χ0v) is 19.4. The van der Waals surface area contributed by atoms with Crippen molar-refractivity contribution >= 4 is 22.5 Å². The van der Waals surface area contributed by atoms with Crippen LogP contribution in [0.3, 0.4) is 0 Å².